The lowest BCUT2D eigenvalue weighted by atomic mass is 10.1. The number of guanidine groups is 1. The van der Waals surface area contributed by atoms with Crippen molar-refractivity contribution in [1.29, 1.82) is 0 Å². The summed E-state index contributed by atoms with van der Waals surface area (Å²) in [7, 11) is 1.61. The highest BCUT2D eigenvalue weighted by Crippen LogP contribution is 2.22. The number of benzene rings is 1. The Balaban J connectivity index is 0.000000837. The van der Waals surface area contributed by atoms with Crippen LogP contribution in [-0.2, 0) is 6.54 Å². The molecular formula is C23H35N7O2. The van der Waals surface area contributed by atoms with Crippen molar-refractivity contribution >= 4 is 17.0 Å². The number of nitrogens with two attached hydrogens (primary N) is 2. The molecule has 0 fully saturated rings. The van der Waals surface area contributed by atoms with Gasteiger partial charge in [0.25, 0.3) is 0 Å². The van der Waals surface area contributed by atoms with E-state index in [2.05, 4.69) is 34.1 Å². The Morgan fingerprint density at radius 1 is 1.25 bits per heavy atom. The third kappa shape index (κ3) is 7.12. The molecule has 6 N–H and O–H groups in total. The van der Waals surface area contributed by atoms with Gasteiger partial charge in [-0.05, 0) is 32.0 Å². The van der Waals surface area contributed by atoms with Gasteiger partial charge in [0, 0.05) is 42.0 Å². The van der Waals surface area contributed by atoms with Crippen LogP contribution in [0.5, 0.6) is 5.75 Å². The molecule has 0 saturated heterocycles. The Morgan fingerprint density at radius 2 is 2.00 bits per heavy atom. The molecule has 0 aliphatic carbocycles. The van der Waals surface area contributed by atoms with Crippen molar-refractivity contribution in [1.82, 2.24) is 19.9 Å². The molecule has 32 heavy (non-hydrogen) atoms. The third-order valence-electron chi connectivity index (χ3n) is 4.81. The van der Waals surface area contributed by atoms with E-state index in [0.29, 0.717) is 30.2 Å². The number of hydrogen-bond acceptors (Lipinski definition) is 5. The molecule has 0 bridgehead atoms. The van der Waals surface area contributed by atoms with Gasteiger partial charge in [0.15, 0.2) is 5.96 Å². The predicted octanol–water partition coefficient (Wildman–Crippen LogP) is 2.59. The molecule has 3 rings (SSSR count). The smallest absolute Gasteiger partial charge is 0.354 e. The number of hydrogen-bond donors (Lipinski definition) is 4. The Kier molecular flexibility index (Phi) is 9.75. The standard InChI is InChI=1S/C19H25N7O2.C4H10/c1-12-8-14-11-26(19(27)25-17(14)24-12)15-5-4-13(16(9-15)28-2)10-22-6-3-7-23-18(20)21;1-3-4-2/h4-5,8-9,11,22H,3,6-7,10H2,1-2H3,(H4,20,21,23)(H,24,25,27);3-4H2,1-2H3. The number of H-pyrrole nitrogens is 1. The highest BCUT2D eigenvalue weighted by molar-refractivity contribution is 5.76. The molecule has 0 atom stereocenters. The zero-order chi connectivity index (χ0) is 23.5. The van der Waals surface area contributed by atoms with Crippen LogP contribution in [0.4, 0.5) is 0 Å². The first-order valence-corrected chi connectivity index (χ1v) is 10.9. The molecule has 0 spiro atoms. The van der Waals surface area contributed by atoms with Gasteiger partial charge in [-0.15, -0.1) is 0 Å². The van der Waals surface area contributed by atoms with Crippen molar-refractivity contribution in [3.63, 3.8) is 0 Å². The van der Waals surface area contributed by atoms with Crippen molar-refractivity contribution in [3.8, 4) is 11.4 Å². The van der Waals surface area contributed by atoms with Gasteiger partial charge in [-0.2, -0.15) is 4.98 Å². The summed E-state index contributed by atoms with van der Waals surface area (Å²) < 4.78 is 7.03. The summed E-state index contributed by atoms with van der Waals surface area (Å²) >= 11 is 0. The first kappa shape index (κ1) is 24.9. The number of fused-ring (bicyclic) bond motifs is 1. The summed E-state index contributed by atoms with van der Waals surface area (Å²) in [6.07, 6.45) is 5.25. The van der Waals surface area contributed by atoms with E-state index in [9.17, 15) is 4.79 Å². The lowest BCUT2D eigenvalue weighted by Gasteiger charge is -2.12. The molecule has 1 aromatic carbocycles. The molecule has 9 nitrogen and oxygen atoms in total. The number of nitrogens with one attached hydrogen (secondary N) is 2. The Hall–Kier alpha value is -3.33. The van der Waals surface area contributed by atoms with E-state index in [1.54, 1.807) is 13.3 Å². The fourth-order valence-corrected chi connectivity index (χ4v) is 2.98. The monoisotopic (exact) mass is 441 g/mol. The Morgan fingerprint density at radius 3 is 2.66 bits per heavy atom. The molecule has 2 heterocycles. The van der Waals surface area contributed by atoms with Crippen LogP contribution in [0.3, 0.4) is 0 Å². The number of ether oxygens (including phenoxy) is 1. The van der Waals surface area contributed by atoms with Gasteiger partial charge >= 0.3 is 5.69 Å². The summed E-state index contributed by atoms with van der Waals surface area (Å²) in [5.74, 6) is 0.807. The highest BCUT2D eigenvalue weighted by Gasteiger charge is 2.09. The fourth-order valence-electron chi connectivity index (χ4n) is 2.98. The zero-order valence-electron chi connectivity index (χ0n) is 19.4. The van der Waals surface area contributed by atoms with E-state index in [4.69, 9.17) is 16.2 Å². The van der Waals surface area contributed by atoms with Crippen molar-refractivity contribution < 1.29 is 4.74 Å². The number of aromatic amines is 1. The van der Waals surface area contributed by atoms with E-state index in [-0.39, 0.29) is 11.6 Å². The molecular weight excluding hydrogens is 406 g/mol. The molecule has 174 valence electrons. The maximum Gasteiger partial charge on any atom is 0.354 e. The molecule has 9 heteroatoms. The lowest BCUT2D eigenvalue weighted by Crippen LogP contribution is -2.23. The van der Waals surface area contributed by atoms with Gasteiger partial charge < -0.3 is 26.5 Å². The van der Waals surface area contributed by atoms with E-state index >= 15 is 0 Å². The molecule has 0 aliphatic rings. The van der Waals surface area contributed by atoms with Crippen LogP contribution < -0.4 is 27.2 Å². The van der Waals surface area contributed by atoms with E-state index in [1.165, 1.54) is 17.4 Å². The second-order valence-corrected chi connectivity index (χ2v) is 7.48. The van der Waals surface area contributed by atoms with Crippen molar-refractivity contribution in [3.05, 3.63) is 52.2 Å². The minimum Gasteiger partial charge on any atom is -0.496 e. The van der Waals surface area contributed by atoms with Gasteiger partial charge in [-0.1, -0.05) is 32.8 Å². The van der Waals surface area contributed by atoms with Crippen LogP contribution in [0.15, 0.2) is 40.2 Å². The van der Waals surface area contributed by atoms with Crippen molar-refractivity contribution in [2.45, 2.75) is 46.6 Å². The van der Waals surface area contributed by atoms with Gasteiger partial charge in [0.05, 0.1) is 12.8 Å². The van der Waals surface area contributed by atoms with Crippen molar-refractivity contribution in [2.75, 3.05) is 20.2 Å². The maximum atomic E-state index is 12.4. The van der Waals surface area contributed by atoms with Crippen LogP contribution in [-0.4, -0.2) is 40.7 Å². The summed E-state index contributed by atoms with van der Waals surface area (Å²) in [5.41, 5.74) is 13.5. The third-order valence-corrected chi connectivity index (χ3v) is 4.81. The first-order chi connectivity index (χ1) is 15.4. The number of aryl methyl sites for hydroxylation is 1. The molecule has 2 aromatic heterocycles. The number of unbranched alkanes of at least 4 members (excludes halogenated alkanes) is 1. The van der Waals surface area contributed by atoms with Gasteiger partial charge in [-0.25, -0.2) is 4.79 Å². The van der Waals surface area contributed by atoms with E-state index < -0.39 is 0 Å². The van der Waals surface area contributed by atoms with Gasteiger partial charge in [-0.3, -0.25) is 9.56 Å². The maximum absolute atomic E-state index is 12.4. The predicted molar refractivity (Wildman–Crippen MR) is 131 cm³/mol. The molecule has 0 saturated carbocycles. The number of aromatic nitrogens is 3. The average Bonchev–Trinajstić information content (AvgIpc) is 3.14. The molecule has 0 unspecified atom stereocenters. The quantitative estimate of drug-likeness (QED) is 0.229. The summed E-state index contributed by atoms with van der Waals surface area (Å²) in [4.78, 5) is 23.5. The van der Waals surface area contributed by atoms with E-state index in [1.807, 2.05) is 31.2 Å². The molecule has 0 amide bonds. The Bertz CT molecular complexity index is 1080. The zero-order valence-corrected chi connectivity index (χ0v) is 19.4. The van der Waals surface area contributed by atoms with Crippen LogP contribution in [0.2, 0.25) is 0 Å². The van der Waals surface area contributed by atoms with E-state index in [0.717, 1.165) is 29.6 Å². The second kappa shape index (κ2) is 12.5. The summed E-state index contributed by atoms with van der Waals surface area (Å²) in [5, 5.41) is 4.21. The average molecular weight is 442 g/mol. The lowest BCUT2D eigenvalue weighted by molar-refractivity contribution is 0.407. The number of methoxy groups -OCH3 is 1. The first-order valence-electron chi connectivity index (χ1n) is 10.9. The van der Waals surface area contributed by atoms with Crippen molar-refractivity contribution in [2.24, 2.45) is 16.5 Å². The van der Waals surface area contributed by atoms with Crippen LogP contribution >= 0.6 is 0 Å². The fraction of sp³-hybridized carbons (Fsp3) is 0.435. The minimum absolute atomic E-state index is 0.106. The number of rotatable bonds is 9. The minimum atomic E-state index is -0.345. The normalized spacial score (nSPS) is 10.5. The van der Waals surface area contributed by atoms with Crippen LogP contribution in [0.25, 0.3) is 16.7 Å². The number of nitrogens with zero attached hydrogens (tertiary/aromatic N) is 3. The summed E-state index contributed by atoms with van der Waals surface area (Å²) in [6, 6.07) is 7.62. The Labute approximate surface area is 188 Å². The summed E-state index contributed by atoms with van der Waals surface area (Å²) in [6.45, 7) is 8.28. The number of aliphatic imine (C=N–C) groups is 1. The molecule has 3 aromatic rings. The van der Waals surface area contributed by atoms with Crippen LogP contribution in [0.1, 0.15) is 44.4 Å². The second-order valence-electron chi connectivity index (χ2n) is 7.48. The van der Waals surface area contributed by atoms with Gasteiger partial charge in [0.2, 0.25) is 0 Å². The SMILES string of the molecule is CCCC.COc1cc(-n2cc3cc(C)[nH]c3nc2=O)ccc1CNCCCN=C(N)N. The molecule has 0 aliphatic heterocycles. The van der Waals surface area contributed by atoms with Crippen LogP contribution in [0, 0.1) is 6.92 Å². The topological polar surface area (TPSA) is 136 Å². The largest absolute Gasteiger partial charge is 0.496 e. The highest BCUT2D eigenvalue weighted by atomic mass is 16.5. The van der Waals surface area contributed by atoms with Gasteiger partial charge in [0.1, 0.15) is 11.4 Å². The molecule has 0 radical (unpaired) electrons.